The van der Waals surface area contributed by atoms with E-state index in [4.69, 9.17) is 0 Å². The van der Waals surface area contributed by atoms with E-state index in [0.717, 1.165) is 48.6 Å². The lowest BCUT2D eigenvalue weighted by Crippen LogP contribution is -2.19. The molecular formula is C53H132O3. The van der Waals surface area contributed by atoms with E-state index in [9.17, 15) is 10.2 Å². The van der Waals surface area contributed by atoms with Gasteiger partial charge in [-0.05, 0) is 120 Å². The fourth-order valence-corrected chi connectivity index (χ4v) is 5.52. The summed E-state index contributed by atoms with van der Waals surface area (Å²) in [6, 6.07) is 12.2. The SMILES string of the molecule is C.C.C.C.C.C.C.C.C.C.C.C.C.C.C.C.C.C.C.C.C.C.C.CC(C)c1cc(C2=CCC(C3CC=C(c4ccc(O)c(C(C)C)c4)CC3)CC2)ccc1O.O. The van der Waals surface area contributed by atoms with Gasteiger partial charge >= 0.3 is 0 Å². The van der Waals surface area contributed by atoms with Crippen molar-refractivity contribution < 1.29 is 15.7 Å². The average molecular weight is 818 g/mol. The highest BCUT2D eigenvalue weighted by Gasteiger charge is 2.26. The van der Waals surface area contributed by atoms with Crippen molar-refractivity contribution >= 4 is 11.1 Å². The monoisotopic (exact) mass is 817 g/mol. The molecule has 2 unspecified atom stereocenters. The molecule has 0 aromatic heterocycles. The first-order valence-corrected chi connectivity index (χ1v) is 12.4. The molecule has 2 aromatic rings. The third-order valence-electron chi connectivity index (χ3n) is 7.61. The Kier molecular flexibility index (Phi) is 154. The van der Waals surface area contributed by atoms with Gasteiger partial charge in [0, 0.05) is 0 Å². The lowest BCUT2D eigenvalue weighted by molar-refractivity contribution is 0.292. The highest BCUT2D eigenvalue weighted by atomic mass is 16.3. The van der Waals surface area contributed by atoms with Gasteiger partial charge in [-0.25, -0.2) is 0 Å². The predicted molar refractivity (Wildman–Crippen MR) is 293 cm³/mol. The molecule has 2 atom stereocenters. The van der Waals surface area contributed by atoms with Crippen LogP contribution in [0.15, 0.2) is 48.6 Å². The number of aromatic hydroxyl groups is 2. The van der Waals surface area contributed by atoms with Crippen LogP contribution in [-0.2, 0) is 0 Å². The van der Waals surface area contributed by atoms with Crippen LogP contribution in [-0.4, -0.2) is 15.7 Å². The van der Waals surface area contributed by atoms with Crippen LogP contribution in [0.3, 0.4) is 0 Å². The molecule has 0 heterocycles. The molecule has 3 heteroatoms. The number of rotatable bonds is 5. The van der Waals surface area contributed by atoms with Crippen molar-refractivity contribution in [3.8, 4) is 11.5 Å². The molecule has 0 saturated heterocycles. The standard InChI is InChI=1S/C30H38O2.23CH4.H2O/c1-19(2)27-17-25(13-15-29(27)31)23-9-5-21(6-10-23)22-7-11-24(12-8-22)26-14-16-30(32)28(18-26)20(3)4;;;;;;;;;;;;;;;;;;;;;;;;/h9,11,13-22,31-32H,5-8,10,12H2,1-4H3;23*1H4;1H2. The lowest BCUT2D eigenvalue weighted by atomic mass is 9.73. The van der Waals surface area contributed by atoms with Gasteiger partial charge in [0.25, 0.3) is 0 Å². The second-order valence-corrected chi connectivity index (χ2v) is 10.4. The summed E-state index contributed by atoms with van der Waals surface area (Å²) in [6.45, 7) is 8.54. The zero-order valence-corrected chi connectivity index (χ0v) is 20.6. The topological polar surface area (TPSA) is 72.0 Å². The summed E-state index contributed by atoms with van der Waals surface area (Å²) < 4.78 is 0. The molecule has 0 amide bonds. The molecule has 0 aliphatic heterocycles. The highest BCUT2D eigenvalue weighted by molar-refractivity contribution is 5.69. The maximum absolute atomic E-state index is 10.1. The van der Waals surface area contributed by atoms with Crippen LogP contribution in [0.5, 0.6) is 11.5 Å². The minimum absolute atomic E-state index is 0. The van der Waals surface area contributed by atoms with Crippen molar-refractivity contribution in [2.75, 3.05) is 0 Å². The van der Waals surface area contributed by atoms with Crippen LogP contribution in [0, 0.1) is 11.8 Å². The van der Waals surface area contributed by atoms with Gasteiger partial charge in [0.05, 0.1) is 0 Å². The Hall–Kier alpha value is -2.52. The van der Waals surface area contributed by atoms with E-state index >= 15 is 0 Å². The summed E-state index contributed by atoms with van der Waals surface area (Å²) in [4.78, 5) is 0. The van der Waals surface area contributed by atoms with Crippen molar-refractivity contribution in [1.29, 1.82) is 0 Å². The molecule has 0 radical (unpaired) electrons. The average Bonchev–Trinajstić information content (AvgIpc) is 2.79. The van der Waals surface area contributed by atoms with E-state index in [1.54, 1.807) is 0 Å². The largest absolute Gasteiger partial charge is 0.508 e. The maximum Gasteiger partial charge on any atom is 0.119 e. The van der Waals surface area contributed by atoms with E-state index in [1.165, 1.54) is 35.1 Å². The Morgan fingerprint density at radius 2 is 0.643 bits per heavy atom. The summed E-state index contributed by atoms with van der Waals surface area (Å²) in [5.41, 5.74) is 7.55. The Labute approximate surface area is 368 Å². The Bertz CT molecular complexity index is 948. The molecular weight excluding hydrogens is 685 g/mol. The Morgan fingerprint density at radius 1 is 0.411 bits per heavy atom. The van der Waals surface area contributed by atoms with Gasteiger partial charge in [-0.15, -0.1) is 0 Å². The summed E-state index contributed by atoms with van der Waals surface area (Å²) in [5, 5.41) is 20.3. The van der Waals surface area contributed by atoms with Crippen LogP contribution < -0.4 is 0 Å². The van der Waals surface area contributed by atoms with E-state index in [2.05, 4.69) is 64.1 Å². The summed E-state index contributed by atoms with van der Waals surface area (Å²) in [5.74, 6) is 3.03. The molecule has 0 spiro atoms. The number of hydrogen-bond donors (Lipinski definition) is 2. The van der Waals surface area contributed by atoms with E-state index in [-0.39, 0.29) is 176 Å². The molecule has 4 N–H and O–H groups in total. The Morgan fingerprint density at radius 3 is 0.821 bits per heavy atom. The first-order chi connectivity index (χ1) is 15.3. The van der Waals surface area contributed by atoms with Gasteiger partial charge in [0.15, 0.2) is 0 Å². The van der Waals surface area contributed by atoms with E-state index in [0.29, 0.717) is 23.3 Å². The molecule has 0 bridgehead atoms. The number of allylic oxidation sites excluding steroid dienone is 4. The lowest BCUT2D eigenvalue weighted by Gasteiger charge is -2.32. The van der Waals surface area contributed by atoms with Crippen LogP contribution >= 0.6 is 0 Å². The first kappa shape index (κ1) is 140. The number of hydrogen-bond acceptors (Lipinski definition) is 2. The summed E-state index contributed by atoms with van der Waals surface area (Å²) >= 11 is 0. The second-order valence-electron chi connectivity index (χ2n) is 10.4. The van der Waals surface area contributed by atoms with Crippen molar-refractivity contribution in [2.24, 2.45) is 11.8 Å². The molecule has 362 valence electrons. The number of benzene rings is 2. The minimum Gasteiger partial charge on any atom is -0.508 e. The summed E-state index contributed by atoms with van der Waals surface area (Å²) in [6.07, 6.45) is 12.0. The number of phenols is 2. The minimum atomic E-state index is 0. The van der Waals surface area contributed by atoms with Crippen LogP contribution in [0.4, 0.5) is 0 Å². The van der Waals surface area contributed by atoms with Gasteiger partial charge in [-0.1, -0.05) is 223 Å². The normalized spacial score (nSPS) is 12.3. The smallest absolute Gasteiger partial charge is 0.119 e. The van der Waals surface area contributed by atoms with Gasteiger partial charge < -0.3 is 15.7 Å². The molecule has 2 aromatic carbocycles. The van der Waals surface area contributed by atoms with Crippen molar-refractivity contribution in [3.63, 3.8) is 0 Å². The van der Waals surface area contributed by atoms with Gasteiger partial charge in [-0.2, -0.15) is 0 Å². The summed E-state index contributed by atoms with van der Waals surface area (Å²) in [7, 11) is 0. The number of phenolic OH excluding ortho intramolecular Hbond substituents is 2. The third kappa shape index (κ3) is 32.6. The first-order valence-electron chi connectivity index (χ1n) is 12.4. The fourth-order valence-electron chi connectivity index (χ4n) is 5.52. The highest BCUT2D eigenvalue weighted by Crippen LogP contribution is 2.42. The molecule has 0 fully saturated rings. The van der Waals surface area contributed by atoms with Crippen molar-refractivity contribution in [2.45, 2.75) is 249 Å². The fraction of sp³-hybridized carbons (Fsp3) is 0.698. The molecule has 0 saturated carbocycles. The zero-order chi connectivity index (χ0) is 22.8. The maximum atomic E-state index is 10.1. The third-order valence-corrected chi connectivity index (χ3v) is 7.61. The molecule has 2 aliphatic carbocycles. The molecule has 2 aliphatic rings. The van der Waals surface area contributed by atoms with Gasteiger partial charge in [-0.3, -0.25) is 0 Å². The van der Waals surface area contributed by atoms with Crippen molar-refractivity contribution in [1.82, 2.24) is 0 Å². The quantitative estimate of drug-likeness (QED) is 0.315. The van der Waals surface area contributed by atoms with Crippen LogP contribution in [0.2, 0.25) is 0 Å². The van der Waals surface area contributed by atoms with E-state index < -0.39 is 0 Å². The van der Waals surface area contributed by atoms with Crippen LogP contribution in [0.1, 0.15) is 271 Å². The van der Waals surface area contributed by atoms with E-state index in [1.807, 2.05) is 12.1 Å². The van der Waals surface area contributed by atoms with Crippen LogP contribution in [0.25, 0.3) is 11.1 Å². The van der Waals surface area contributed by atoms with Gasteiger partial charge in [0.1, 0.15) is 11.5 Å². The molecule has 4 rings (SSSR count). The Balaban J connectivity index is -0.0000000269. The van der Waals surface area contributed by atoms with Gasteiger partial charge in [0.2, 0.25) is 0 Å². The van der Waals surface area contributed by atoms with Crippen molar-refractivity contribution in [3.05, 3.63) is 70.8 Å². The molecule has 3 nitrogen and oxygen atoms in total. The second kappa shape index (κ2) is 61.7. The molecule has 56 heavy (non-hydrogen) atoms. The zero-order valence-electron chi connectivity index (χ0n) is 20.6. The predicted octanol–water partition coefficient (Wildman–Crippen LogP) is 22.2.